The minimum atomic E-state index is 0.465. The lowest BCUT2D eigenvalue weighted by Crippen LogP contribution is -2.21. The number of benzene rings is 2. The molecular formula is C22H19IN6. The van der Waals surface area contributed by atoms with Crippen LogP contribution in [0, 0.1) is 3.57 Å². The average molecular weight is 494 g/mol. The summed E-state index contributed by atoms with van der Waals surface area (Å²) in [4.78, 5) is 15.3. The van der Waals surface area contributed by atoms with E-state index in [0.717, 1.165) is 20.6 Å². The molecule has 6 nitrogen and oxygen atoms in total. The predicted octanol–water partition coefficient (Wildman–Crippen LogP) is 5.14. The van der Waals surface area contributed by atoms with Crippen molar-refractivity contribution < 1.29 is 0 Å². The van der Waals surface area contributed by atoms with Crippen LogP contribution >= 0.6 is 22.6 Å². The van der Waals surface area contributed by atoms with Gasteiger partial charge in [-0.05, 0) is 64.6 Å². The lowest BCUT2D eigenvalue weighted by Gasteiger charge is -2.25. The SMILES string of the molecule is Nc1c(Nc2ccc(I)cc2)ncnc1N(Cc1ccccc1)c1ccccn1. The number of nitrogens with zero attached hydrogens (tertiary/aromatic N) is 4. The highest BCUT2D eigenvalue weighted by Crippen LogP contribution is 2.33. The van der Waals surface area contributed by atoms with Crippen molar-refractivity contribution in [1.82, 2.24) is 15.0 Å². The molecule has 29 heavy (non-hydrogen) atoms. The first-order valence-corrected chi connectivity index (χ1v) is 10.1. The number of hydrogen-bond donors (Lipinski definition) is 2. The summed E-state index contributed by atoms with van der Waals surface area (Å²) in [5.41, 5.74) is 9.00. The Morgan fingerprint density at radius 2 is 1.62 bits per heavy atom. The van der Waals surface area contributed by atoms with Gasteiger partial charge in [0.2, 0.25) is 0 Å². The topological polar surface area (TPSA) is 80.0 Å². The van der Waals surface area contributed by atoms with Crippen molar-refractivity contribution in [1.29, 1.82) is 0 Å². The second-order valence-electron chi connectivity index (χ2n) is 6.35. The Balaban J connectivity index is 1.71. The molecule has 0 saturated heterocycles. The summed E-state index contributed by atoms with van der Waals surface area (Å²) in [5.74, 6) is 1.93. The van der Waals surface area contributed by atoms with E-state index in [1.54, 1.807) is 6.20 Å². The van der Waals surface area contributed by atoms with Gasteiger partial charge in [0, 0.05) is 15.5 Å². The zero-order valence-corrected chi connectivity index (χ0v) is 17.7. The minimum Gasteiger partial charge on any atom is -0.393 e. The maximum atomic E-state index is 6.49. The molecule has 0 fully saturated rings. The van der Waals surface area contributed by atoms with E-state index >= 15 is 0 Å². The predicted molar refractivity (Wildman–Crippen MR) is 125 cm³/mol. The zero-order chi connectivity index (χ0) is 20.1. The van der Waals surface area contributed by atoms with E-state index in [1.807, 2.05) is 65.6 Å². The molecule has 0 saturated carbocycles. The lowest BCUT2D eigenvalue weighted by molar-refractivity contribution is 0.918. The summed E-state index contributed by atoms with van der Waals surface area (Å²) in [6.07, 6.45) is 3.27. The van der Waals surface area contributed by atoms with Crippen LogP contribution in [0.4, 0.5) is 28.8 Å². The second kappa shape index (κ2) is 8.87. The number of nitrogen functional groups attached to an aromatic ring is 1. The maximum Gasteiger partial charge on any atom is 0.163 e. The first-order chi connectivity index (χ1) is 14.2. The summed E-state index contributed by atoms with van der Waals surface area (Å²) in [6.45, 7) is 0.585. The van der Waals surface area contributed by atoms with Gasteiger partial charge in [-0.2, -0.15) is 0 Å². The summed E-state index contributed by atoms with van der Waals surface area (Å²) in [6, 6.07) is 24.0. The number of halogens is 1. The highest BCUT2D eigenvalue weighted by Gasteiger charge is 2.18. The summed E-state index contributed by atoms with van der Waals surface area (Å²) in [5, 5.41) is 3.28. The van der Waals surface area contributed by atoms with Crippen LogP contribution in [0.15, 0.2) is 85.3 Å². The molecule has 3 N–H and O–H groups in total. The smallest absolute Gasteiger partial charge is 0.163 e. The number of aromatic nitrogens is 3. The van der Waals surface area contributed by atoms with Crippen LogP contribution in [0.1, 0.15) is 5.56 Å². The van der Waals surface area contributed by atoms with Crippen LogP contribution in [0.25, 0.3) is 0 Å². The van der Waals surface area contributed by atoms with Crippen molar-refractivity contribution >= 4 is 51.4 Å². The van der Waals surface area contributed by atoms with E-state index in [2.05, 4.69) is 55.0 Å². The van der Waals surface area contributed by atoms with E-state index in [1.165, 1.54) is 6.33 Å². The molecule has 4 rings (SSSR count). The van der Waals surface area contributed by atoms with Gasteiger partial charge in [0.1, 0.15) is 17.8 Å². The van der Waals surface area contributed by atoms with Crippen LogP contribution in [0.3, 0.4) is 0 Å². The zero-order valence-electron chi connectivity index (χ0n) is 15.5. The number of pyridine rings is 1. The molecule has 2 heterocycles. The number of anilines is 5. The Hall–Kier alpha value is -3.20. The molecule has 7 heteroatoms. The van der Waals surface area contributed by atoms with Crippen molar-refractivity contribution in [3.63, 3.8) is 0 Å². The Kier molecular flexibility index (Phi) is 5.85. The first-order valence-electron chi connectivity index (χ1n) is 9.06. The molecule has 2 aromatic carbocycles. The van der Waals surface area contributed by atoms with Gasteiger partial charge in [-0.25, -0.2) is 15.0 Å². The molecule has 0 aliphatic rings. The molecular weight excluding hydrogens is 475 g/mol. The van der Waals surface area contributed by atoms with Crippen molar-refractivity contribution in [3.8, 4) is 0 Å². The van der Waals surface area contributed by atoms with Gasteiger partial charge >= 0.3 is 0 Å². The third kappa shape index (κ3) is 4.62. The fourth-order valence-electron chi connectivity index (χ4n) is 2.91. The second-order valence-corrected chi connectivity index (χ2v) is 7.60. The molecule has 4 aromatic rings. The van der Waals surface area contributed by atoms with Gasteiger partial charge in [0.15, 0.2) is 11.6 Å². The molecule has 0 unspecified atom stereocenters. The van der Waals surface area contributed by atoms with Crippen LogP contribution in [0.5, 0.6) is 0 Å². The fourth-order valence-corrected chi connectivity index (χ4v) is 3.27. The number of nitrogens with two attached hydrogens (primary N) is 1. The standard InChI is InChI=1S/C22H19IN6/c23-17-9-11-18(12-10-17)28-21-20(24)22(27-15-26-21)29(19-8-4-5-13-25-19)14-16-6-2-1-3-7-16/h1-13,15H,14,24H2,(H,26,27,28). The molecule has 0 spiro atoms. The summed E-state index contributed by atoms with van der Waals surface area (Å²) < 4.78 is 1.16. The van der Waals surface area contributed by atoms with Gasteiger partial charge in [0.05, 0.1) is 6.54 Å². The van der Waals surface area contributed by atoms with E-state index in [4.69, 9.17) is 5.73 Å². The number of rotatable bonds is 6. The molecule has 0 radical (unpaired) electrons. The molecule has 0 bridgehead atoms. The van der Waals surface area contributed by atoms with E-state index in [0.29, 0.717) is 23.9 Å². The first kappa shape index (κ1) is 19.1. The van der Waals surface area contributed by atoms with E-state index in [-0.39, 0.29) is 0 Å². The Morgan fingerprint density at radius 3 is 2.34 bits per heavy atom. The number of nitrogens with one attached hydrogen (secondary N) is 1. The van der Waals surface area contributed by atoms with Crippen molar-refractivity contribution in [2.45, 2.75) is 6.54 Å². The van der Waals surface area contributed by atoms with Crippen molar-refractivity contribution in [2.75, 3.05) is 16.0 Å². The Morgan fingerprint density at radius 1 is 0.862 bits per heavy atom. The molecule has 0 atom stereocenters. The van der Waals surface area contributed by atoms with Crippen LogP contribution in [0.2, 0.25) is 0 Å². The number of hydrogen-bond acceptors (Lipinski definition) is 6. The maximum absolute atomic E-state index is 6.49. The summed E-state index contributed by atoms with van der Waals surface area (Å²) in [7, 11) is 0. The van der Waals surface area contributed by atoms with E-state index in [9.17, 15) is 0 Å². The third-order valence-corrected chi connectivity index (χ3v) is 5.05. The van der Waals surface area contributed by atoms with Gasteiger partial charge in [0.25, 0.3) is 0 Å². The molecule has 144 valence electrons. The highest BCUT2D eigenvalue weighted by atomic mass is 127. The van der Waals surface area contributed by atoms with Gasteiger partial charge in [-0.3, -0.25) is 0 Å². The third-order valence-electron chi connectivity index (χ3n) is 4.33. The normalized spacial score (nSPS) is 10.5. The van der Waals surface area contributed by atoms with Crippen molar-refractivity contribution in [3.05, 3.63) is 94.5 Å². The lowest BCUT2D eigenvalue weighted by atomic mass is 10.2. The Labute approximate surface area is 183 Å². The van der Waals surface area contributed by atoms with Crippen LogP contribution in [-0.2, 0) is 6.54 Å². The fraction of sp³-hybridized carbons (Fsp3) is 0.0455. The Bertz CT molecular complexity index is 1070. The highest BCUT2D eigenvalue weighted by molar-refractivity contribution is 14.1. The van der Waals surface area contributed by atoms with Crippen LogP contribution in [-0.4, -0.2) is 15.0 Å². The van der Waals surface area contributed by atoms with Crippen molar-refractivity contribution in [2.24, 2.45) is 0 Å². The molecule has 0 aliphatic carbocycles. The molecule has 0 amide bonds. The largest absolute Gasteiger partial charge is 0.393 e. The van der Waals surface area contributed by atoms with E-state index < -0.39 is 0 Å². The average Bonchev–Trinajstić information content (AvgIpc) is 2.77. The molecule has 2 aromatic heterocycles. The molecule has 0 aliphatic heterocycles. The monoisotopic (exact) mass is 494 g/mol. The van der Waals surface area contributed by atoms with Gasteiger partial charge < -0.3 is 16.0 Å². The minimum absolute atomic E-state index is 0.465. The summed E-state index contributed by atoms with van der Waals surface area (Å²) >= 11 is 2.27. The van der Waals surface area contributed by atoms with Gasteiger partial charge in [-0.1, -0.05) is 36.4 Å². The van der Waals surface area contributed by atoms with Gasteiger partial charge in [-0.15, -0.1) is 0 Å². The quantitative estimate of drug-likeness (QED) is 0.362. The van der Waals surface area contributed by atoms with Crippen LogP contribution < -0.4 is 16.0 Å².